The molecule has 1 saturated heterocycles. The van der Waals surface area contributed by atoms with Gasteiger partial charge in [-0.25, -0.2) is 4.79 Å². The van der Waals surface area contributed by atoms with E-state index < -0.39 is 12.2 Å². The first-order valence-electron chi connectivity index (χ1n) is 44.8. The van der Waals surface area contributed by atoms with E-state index >= 15 is 0 Å². The van der Waals surface area contributed by atoms with Crippen molar-refractivity contribution in [1.29, 1.82) is 0 Å². The smallest absolute Gasteiger partial charge is 0.347 e. The molecule has 104 heavy (non-hydrogen) atoms. The second-order valence-electron chi connectivity index (χ2n) is 44.1. The van der Waals surface area contributed by atoms with Crippen LogP contribution in [-0.2, 0) is 47.7 Å². The van der Waals surface area contributed by atoms with Crippen molar-refractivity contribution in [1.82, 2.24) is 0 Å². The summed E-state index contributed by atoms with van der Waals surface area (Å²) in [6, 6.07) is 0. The molecule has 0 aromatic heterocycles. The lowest BCUT2D eigenvalue weighted by Gasteiger charge is -2.59. The monoisotopic (exact) mass is 1440 g/mol. The van der Waals surface area contributed by atoms with Gasteiger partial charge in [0.25, 0.3) is 0 Å². The van der Waals surface area contributed by atoms with Crippen molar-refractivity contribution in [3.8, 4) is 0 Å². The largest absolute Gasteiger partial charge is 0.463 e. The first-order chi connectivity index (χ1) is 49.4. The number of hydrogen-bond acceptors (Lipinski definition) is 12. The predicted molar refractivity (Wildman–Crippen MR) is 397 cm³/mol. The molecule has 12 heteroatoms. The summed E-state index contributed by atoms with van der Waals surface area (Å²) in [5.74, 6) is 34.9. The molecule has 0 spiro atoms. The third-order valence-electron chi connectivity index (χ3n) is 39.8. The Morgan fingerprint density at radius 2 is 0.846 bits per heavy atom. The van der Waals surface area contributed by atoms with Crippen molar-refractivity contribution < 1.29 is 57.9 Å². The van der Waals surface area contributed by atoms with Gasteiger partial charge in [0.2, 0.25) is 6.10 Å². The van der Waals surface area contributed by atoms with Gasteiger partial charge in [-0.15, -0.1) is 0 Å². The minimum Gasteiger partial charge on any atom is -0.463 e. The van der Waals surface area contributed by atoms with E-state index in [-0.39, 0.29) is 71.5 Å². The Morgan fingerprint density at radius 1 is 0.452 bits per heavy atom. The van der Waals surface area contributed by atoms with E-state index in [9.17, 15) is 29.1 Å². The Labute approximate surface area is 626 Å². The molecule has 2 N–H and O–H groups in total. The maximum absolute atomic E-state index is 13.6. The topological polar surface area (TPSA) is 172 Å². The zero-order valence-corrected chi connectivity index (χ0v) is 66.9. The molecule has 1 heterocycles. The van der Waals surface area contributed by atoms with E-state index in [1.807, 2.05) is 20.8 Å². The van der Waals surface area contributed by atoms with Gasteiger partial charge in [0.15, 0.2) is 0 Å². The number of fused-ring (bicyclic) bond motifs is 38. The molecule has 580 valence electrons. The number of carbonyl (C=O) groups is 5. The fourth-order valence-corrected chi connectivity index (χ4v) is 35.3. The van der Waals surface area contributed by atoms with E-state index in [0.29, 0.717) is 72.7 Å². The highest BCUT2D eigenvalue weighted by Gasteiger charge is 2.71. The Hall–Kier alpha value is -2.73. The van der Waals surface area contributed by atoms with Crippen LogP contribution in [0.25, 0.3) is 0 Å². The second-order valence-corrected chi connectivity index (χ2v) is 44.1. The number of aliphatic hydroxyl groups excluding tert-OH is 2. The minimum absolute atomic E-state index is 0.0677. The number of carbonyl (C=O) groups excluding carboxylic acids is 5. The van der Waals surface area contributed by atoms with Crippen LogP contribution in [0, 0.1) is 260 Å². The summed E-state index contributed by atoms with van der Waals surface area (Å²) in [4.78, 5) is 61.8. The lowest BCUT2D eigenvalue weighted by atomic mass is 9.50. The highest BCUT2D eigenvalue weighted by Crippen LogP contribution is 2.76. The summed E-state index contributed by atoms with van der Waals surface area (Å²) in [6.45, 7) is 34.8. The highest BCUT2D eigenvalue weighted by molar-refractivity contribution is 5.81. The molecule has 23 fully saturated rings. The number of cyclic esters (lactones) is 1. The van der Waals surface area contributed by atoms with E-state index in [1.165, 1.54) is 96.3 Å². The Kier molecular flexibility index (Phi) is 18.5. The van der Waals surface area contributed by atoms with Gasteiger partial charge in [-0.05, 0) is 399 Å². The highest BCUT2D eigenvalue weighted by atomic mass is 16.6. The van der Waals surface area contributed by atoms with Crippen LogP contribution < -0.4 is 0 Å². The van der Waals surface area contributed by atoms with Gasteiger partial charge in [-0.2, -0.15) is 0 Å². The van der Waals surface area contributed by atoms with Gasteiger partial charge in [-0.3, -0.25) is 19.2 Å². The number of hydrogen-bond donors (Lipinski definition) is 2. The standard InChI is InChI=1S/C26H38O2.C20H28O4.C19H30O2.C14H22O.C13H22O3/c1-12-13(2)20-11-19(12)23-16-9-21(24(20)23)22(10-16)25(27)28-26(3)17-5-14-4-15(7-17)8-18(26)6-14;1-9-10(2)14-8-13(9)18-12-5-11(15(6-12)19(14)18)7-17(21)24-16-3-4-23-20(16)22;1-9-10(2)13-8-12(9)16-11-6-14(17(13)16)15(7-11)18(20)21-19(3,4)5;1-6-7(2)10-5-9(6)13-8-3-11(14(10)13)12(15)4-8;1-7(14)6-16-13(15)12-5-10-4-11(12)9(3)8(10)2/h12-24H,4-11H2,1-3H3;9-16,18-19H,3-8H2,1-2H3;9-17H,6-8H2,1-5H3;6-15H,3-5H2,1-2H3;7-12,14H,4-6H2,1-3H3. The van der Waals surface area contributed by atoms with Gasteiger partial charge in [0, 0.05) is 12.8 Å². The van der Waals surface area contributed by atoms with Crippen molar-refractivity contribution >= 4 is 29.8 Å². The molecule has 0 aromatic carbocycles. The molecule has 22 bridgehead atoms. The van der Waals surface area contributed by atoms with Gasteiger partial charge >= 0.3 is 29.8 Å². The lowest BCUT2D eigenvalue weighted by molar-refractivity contribution is -0.209. The van der Waals surface area contributed by atoms with Crippen molar-refractivity contribution in [2.75, 3.05) is 13.2 Å². The Bertz CT molecular complexity index is 3250. The van der Waals surface area contributed by atoms with Crippen molar-refractivity contribution in [2.24, 2.45) is 260 Å². The molecule has 22 aliphatic carbocycles. The summed E-state index contributed by atoms with van der Waals surface area (Å²) >= 11 is 0. The molecule has 22 saturated carbocycles. The van der Waals surface area contributed by atoms with Crippen LogP contribution in [0.15, 0.2) is 0 Å². The molecule has 23 aliphatic rings. The number of aliphatic hydroxyl groups is 2. The van der Waals surface area contributed by atoms with Crippen LogP contribution in [0.5, 0.6) is 0 Å². The first-order valence-corrected chi connectivity index (χ1v) is 44.8. The van der Waals surface area contributed by atoms with Gasteiger partial charge in [-0.1, -0.05) is 69.2 Å². The van der Waals surface area contributed by atoms with Crippen LogP contribution in [-0.4, -0.2) is 82.8 Å². The maximum Gasteiger partial charge on any atom is 0.347 e. The zero-order chi connectivity index (χ0) is 72.8. The van der Waals surface area contributed by atoms with E-state index in [0.717, 1.165) is 215 Å². The number of rotatable bonds is 9. The SMILES string of the molecule is CC(O)COC(=O)C1CC2CC1C(C)C2C.CC1C(C)C2CC1C1C3CC(C(=O)OC(C)(C)C)C(C3)C21.CC1C(C)C2CC1C1C3CC(C(=O)OC4(C)C5CC6CC(C5)CC4C6)C(C3)C21.CC1C(C)C2CC1C1C3CC(CC(=O)OC4CCOC4=O)C(C3)C21.CC1C(C)C2CC1C1C3CC(O)C(C3)C21. The molecule has 0 amide bonds. The fourth-order valence-electron chi connectivity index (χ4n) is 35.3. The second kappa shape index (κ2) is 26.5. The summed E-state index contributed by atoms with van der Waals surface area (Å²) in [6.07, 6.45) is 24.7. The predicted octanol–water partition coefficient (Wildman–Crippen LogP) is 17.1. The number of ether oxygens (including phenoxy) is 5. The summed E-state index contributed by atoms with van der Waals surface area (Å²) in [7, 11) is 0. The molecule has 0 radical (unpaired) electrons. The summed E-state index contributed by atoms with van der Waals surface area (Å²) < 4.78 is 27.7. The van der Waals surface area contributed by atoms with Crippen LogP contribution in [0.4, 0.5) is 0 Å². The number of esters is 5. The van der Waals surface area contributed by atoms with Crippen LogP contribution in [0.2, 0.25) is 0 Å². The third kappa shape index (κ3) is 11.4. The third-order valence-corrected chi connectivity index (χ3v) is 39.8. The summed E-state index contributed by atoms with van der Waals surface area (Å²) in [5, 5.41) is 19.1. The molecule has 23 rings (SSSR count). The lowest BCUT2D eigenvalue weighted by Crippen LogP contribution is -2.58. The van der Waals surface area contributed by atoms with Gasteiger partial charge < -0.3 is 33.9 Å². The average molecular weight is 1440 g/mol. The normalized spacial score (nSPS) is 57.8. The minimum atomic E-state index is -0.646. The molecule has 1 aliphatic heterocycles. The van der Waals surface area contributed by atoms with Crippen molar-refractivity contribution in [2.45, 2.75) is 268 Å². The molecular formula is C92H140O12. The first kappa shape index (κ1) is 72.8. The van der Waals surface area contributed by atoms with E-state index in [1.54, 1.807) is 6.92 Å². The summed E-state index contributed by atoms with van der Waals surface area (Å²) in [5.41, 5.74) is -0.475. The van der Waals surface area contributed by atoms with Crippen LogP contribution in [0.3, 0.4) is 0 Å². The van der Waals surface area contributed by atoms with Gasteiger partial charge in [0.1, 0.15) is 17.8 Å². The van der Waals surface area contributed by atoms with Crippen molar-refractivity contribution in [3.05, 3.63) is 0 Å². The van der Waals surface area contributed by atoms with Crippen LogP contribution >= 0.6 is 0 Å². The van der Waals surface area contributed by atoms with Crippen LogP contribution in [0.1, 0.15) is 239 Å². The quantitative estimate of drug-likeness (QED) is 0.127. The van der Waals surface area contributed by atoms with E-state index in [4.69, 9.17) is 28.8 Å². The zero-order valence-electron chi connectivity index (χ0n) is 66.9. The Balaban J connectivity index is 0.0000000944. The molecule has 43 unspecified atom stereocenters. The van der Waals surface area contributed by atoms with Crippen molar-refractivity contribution in [3.63, 3.8) is 0 Å². The fraction of sp³-hybridized carbons (Fsp3) is 0.946. The average Bonchev–Trinajstić information content (AvgIpc) is 1.52. The molecule has 0 aromatic rings. The van der Waals surface area contributed by atoms with Gasteiger partial charge in [0.05, 0.1) is 36.6 Å². The van der Waals surface area contributed by atoms with E-state index in [2.05, 4.69) is 76.2 Å². The Morgan fingerprint density at radius 3 is 1.30 bits per heavy atom. The maximum atomic E-state index is 13.6. The molecule has 43 atom stereocenters. The molecular weight excluding hydrogens is 1300 g/mol. The molecule has 12 nitrogen and oxygen atoms in total.